The number of para-hydroxylation sites is 1. The van der Waals surface area contributed by atoms with Gasteiger partial charge in [0.15, 0.2) is 11.5 Å². The van der Waals surface area contributed by atoms with Gasteiger partial charge in [0.25, 0.3) is 0 Å². The molecule has 1 heterocycles. The van der Waals surface area contributed by atoms with Crippen molar-refractivity contribution < 1.29 is 17.9 Å². The predicted molar refractivity (Wildman–Crippen MR) is 135 cm³/mol. The topological polar surface area (TPSA) is 90.4 Å². The van der Waals surface area contributed by atoms with Crippen LogP contribution in [0.3, 0.4) is 0 Å². The average Bonchev–Trinajstić information content (AvgIpc) is 3.13. The second kappa shape index (κ2) is 9.38. The lowest BCUT2D eigenvalue weighted by Gasteiger charge is -2.20. The number of aromatic amines is 1. The van der Waals surface area contributed by atoms with Gasteiger partial charge in [-0.25, -0.2) is 13.2 Å². The van der Waals surface area contributed by atoms with E-state index in [4.69, 9.17) is 9.47 Å². The third-order valence-corrected chi connectivity index (χ3v) is 6.75. The smallest absolute Gasteiger partial charge is 0.327 e. The highest BCUT2D eigenvalue weighted by Crippen LogP contribution is 2.34. The molecule has 7 nitrogen and oxygen atoms in total. The molecule has 0 amide bonds. The van der Waals surface area contributed by atoms with E-state index in [0.29, 0.717) is 34.7 Å². The third kappa shape index (κ3) is 4.59. The lowest BCUT2D eigenvalue weighted by atomic mass is 9.99. The highest BCUT2D eigenvalue weighted by atomic mass is 32.2. The Balaban J connectivity index is 1.96. The molecule has 0 saturated carbocycles. The number of methoxy groups -OCH3 is 1. The number of aryl methyl sites for hydroxylation is 1. The molecule has 8 heteroatoms. The van der Waals surface area contributed by atoms with Crippen LogP contribution in [0, 0.1) is 6.92 Å². The van der Waals surface area contributed by atoms with Crippen molar-refractivity contribution in [1.82, 2.24) is 9.55 Å². The van der Waals surface area contributed by atoms with Crippen molar-refractivity contribution in [2.75, 3.05) is 25.7 Å². The van der Waals surface area contributed by atoms with Gasteiger partial charge in [-0.3, -0.25) is 4.57 Å². The standard InChI is InChI=1S/C26H28N2O5S/c1-5-33-24-15-18(13-14-23(24)32-3)22(16-34(4,30)31)28-21-12-8-11-20(25(21)27-26(28)29)19-10-7-6-9-17(19)2/h6-15,22H,5,16H2,1-4H3,(H,27,29)/t22-/m0/s1. The van der Waals surface area contributed by atoms with Gasteiger partial charge >= 0.3 is 5.69 Å². The van der Waals surface area contributed by atoms with Crippen molar-refractivity contribution >= 4 is 20.9 Å². The molecule has 0 saturated heterocycles. The summed E-state index contributed by atoms with van der Waals surface area (Å²) in [5.74, 6) is 0.790. The summed E-state index contributed by atoms with van der Waals surface area (Å²) in [5, 5.41) is 0. The average molecular weight is 481 g/mol. The van der Waals surface area contributed by atoms with Crippen LogP contribution in [0.1, 0.15) is 24.1 Å². The molecule has 1 aromatic heterocycles. The molecule has 0 aliphatic carbocycles. The first-order valence-electron chi connectivity index (χ1n) is 11.0. The number of ether oxygens (including phenoxy) is 2. The van der Waals surface area contributed by atoms with E-state index in [0.717, 1.165) is 16.7 Å². The summed E-state index contributed by atoms with van der Waals surface area (Å²) in [6.45, 7) is 4.29. The molecule has 0 aliphatic rings. The van der Waals surface area contributed by atoms with Crippen molar-refractivity contribution in [2.24, 2.45) is 0 Å². The molecule has 1 N–H and O–H groups in total. The fourth-order valence-electron chi connectivity index (χ4n) is 4.33. The van der Waals surface area contributed by atoms with E-state index < -0.39 is 15.9 Å². The van der Waals surface area contributed by atoms with Crippen LogP contribution >= 0.6 is 0 Å². The molecule has 0 aliphatic heterocycles. The van der Waals surface area contributed by atoms with Crippen molar-refractivity contribution in [3.05, 3.63) is 82.3 Å². The molecule has 1 atom stereocenters. The van der Waals surface area contributed by atoms with Crippen molar-refractivity contribution in [2.45, 2.75) is 19.9 Å². The molecule has 34 heavy (non-hydrogen) atoms. The molecule has 0 fully saturated rings. The zero-order valence-corrected chi connectivity index (χ0v) is 20.5. The Bertz CT molecular complexity index is 1500. The Morgan fingerprint density at radius 3 is 2.41 bits per heavy atom. The van der Waals surface area contributed by atoms with Crippen LogP contribution in [0.4, 0.5) is 0 Å². The summed E-state index contributed by atoms with van der Waals surface area (Å²) < 4.78 is 37.5. The summed E-state index contributed by atoms with van der Waals surface area (Å²) in [4.78, 5) is 16.3. The van der Waals surface area contributed by atoms with Gasteiger partial charge in [-0.15, -0.1) is 0 Å². The van der Waals surface area contributed by atoms with Crippen molar-refractivity contribution in [3.8, 4) is 22.6 Å². The van der Waals surface area contributed by atoms with E-state index in [9.17, 15) is 13.2 Å². The van der Waals surface area contributed by atoms with Crippen LogP contribution in [0.15, 0.2) is 65.5 Å². The molecule has 0 unspecified atom stereocenters. The van der Waals surface area contributed by atoms with Gasteiger partial charge in [0.2, 0.25) is 0 Å². The molecule has 0 radical (unpaired) electrons. The van der Waals surface area contributed by atoms with Gasteiger partial charge < -0.3 is 14.5 Å². The molecule has 4 rings (SSSR count). The first-order chi connectivity index (χ1) is 16.2. The molecular weight excluding hydrogens is 452 g/mol. The number of hydrogen-bond donors (Lipinski definition) is 1. The monoisotopic (exact) mass is 480 g/mol. The highest BCUT2D eigenvalue weighted by molar-refractivity contribution is 7.90. The fraction of sp³-hybridized carbons (Fsp3) is 0.269. The Kier molecular flexibility index (Phi) is 6.52. The second-order valence-electron chi connectivity index (χ2n) is 8.27. The Morgan fingerprint density at radius 1 is 1.00 bits per heavy atom. The first-order valence-corrected chi connectivity index (χ1v) is 13.1. The van der Waals surface area contributed by atoms with Gasteiger partial charge in [0.1, 0.15) is 9.84 Å². The van der Waals surface area contributed by atoms with Gasteiger partial charge in [0.05, 0.1) is 36.5 Å². The molecule has 0 bridgehead atoms. The Labute approximate surface area is 198 Å². The van der Waals surface area contributed by atoms with E-state index in [2.05, 4.69) is 4.98 Å². The van der Waals surface area contributed by atoms with Crippen molar-refractivity contribution in [3.63, 3.8) is 0 Å². The lowest BCUT2D eigenvalue weighted by molar-refractivity contribution is 0.310. The van der Waals surface area contributed by atoms with E-state index in [1.165, 1.54) is 10.8 Å². The van der Waals surface area contributed by atoms with Crippen LogP contribution in [-0.2, 0) is 9.84 Å². The molecule has 0 spiro atoms. The maximum Gasteiger partial charge on any atom is 0.327 e. The number of benzene rings is 3. The van der Waals surface area contributed by atoms with E-state index in [1.54, 1.807) is 25.3 Å². The van der Waals surface area contributed by atoms with Gasteiger partial charge in [-0.2, -0.15) is 0 Å². The van der Waals surface area contributed by atoms with E-state index >= 15 is 0 Å². The third-order valence-electron chi connectivity index (χ3n) is 5.83. The summed E-state index contributed by atoms with van der Waals surface area (Å²) >= 11 is 0. The summed E-state index contributed by atoms with van der Waals surface area (Å²) in [7, 11) is -1.89. The van der Waals surface area contributed by atoms with Gasteiger partial charge in [-0.05, 0) is 48.7 Å². The largest absolute Gasteiger partial charge is 0.493 e. The zero-order chi connectivity index (χ0) is 24.5. The van der Waals surface area contributed by atoms with Crippen LogP contribution in [0.25, 0.3) is 22.2 Å². The van der Waals surface area contributed by atoms with Crippen LogP contribution in [0.2, 0.25) is 0 Å². The number of H-pyrrole nitrogens is 1. The number of fused-ring (bicyclic) bond motifs is 1. The Hall–Kier alpha value is -3.52. The summed E-state index contributed by atoms with van der Waals surface area (Å²) in [5.41, 5.74) is 4.52. The molecular formula is C26H28N2O5S. The molecule has 4 aromatic rings. The summed E-state index contributed by atoms with van der Waals surface area (Å²) in [6, 6.07) is 18.1. The van der Waals surface area contributed by atoms with Gasteiger partial charge in [-0.1, -0.05) is 42.5 Å². The maximum absolute atomic E-state index is 13.3. The zero-order valence-electron chi connectivity index (χ0n) is 19.7. The minimum atomic E-state index is -3.44. The highest BCUT2D eigenvalue weighted by Gasteiger charge is 2.25. The maximum atomic E-state index is 13.3. The number of imidazole rings is 1. The first kappa shape index (κ1) is 23.6. The van der Waals surface area contributed by atoms with Gasteiger partial charge in [0, 0.05) is 11.8 Å². The van der Waals surface area contributed by atoms with E-state index in [-0.39, 0.29) is 11.4 Å². The number of aromatic nitrogens is 2. The summed E-state index contributed by atoms with van der Waals surface area (Å²) in [6.07, 6.45) is 1.17. The fourth-order valence-corrected chi connectivity index (χ4v) is 5.25. The molecule has 3 aromatic carbocycles. The van der Waals surface area contributed by atoms with Crippen LogP contribution in [-0.4, -0.2) is 43.7 Å². The number of sulfone groups is 1. The van der Waals surface area contributed by atoms with E-state index in [1.807, 2.05) is 56.3 Å². The normalized spacial score (nSPS) is 12.6. The minimum Gasteiger partial charge on any atom is -0.493 e. The molecule has 178 valence electrons. The van der Waals surface area contributed by atoms with Crippen LogP contribution < -0.4 is 15.2 Å². The Morgan fingerprint density at radius 2 is 1.74 bits per heavy atom. The SMILES string of the molecule is CCOc1cc([C@H](CS(C)(=O)=O)n2c(=O)[nH]c3c(-c4ccccc4C)cccc32)ccc1OC. The second-order valence-corrected chi connectivity index (χ2v) is 10.5. The van der Waals surface area contributed by atoms with Crippen LogP contribution in [0.5, 0.6) is 11.5 Å². The lowest BCUT2D eigenvalue weighted by Crippen LogP contribution is -2.28. The number of nitrogens with one attached hydrogen (secondary N) is 1. The van der Waals surface area contributed by atoms with Crippen molar-refractivity contribution in [1.29, 1.82) is 0 Å². The number of hydrogen-bond acceptors (Lipinski definition) is 5. The number of rotatable bonds is 8. The number of nitrogens with zero attached hydrogens (tertiary/aromatic N) is 1. The quantitative estimate of drug-likeness (QED) is 0.405. The minimum absolute atomic E-state index is 0.244. The predicted octanol–water partition coefficient (Wildman–Crippen LogP) is 4.35.